The van der Waals surface area contributed by atoms with E-state index in [0.29, 0.717) is 22.7 Å². The lowest BCUT2D eigenvalue weighted by molar-refractivity contribution is 0.0527. The zero-order valence-corrected chi connectivity index (χ0v) is 14.7. The summed E-state index contributed by atoms with van der Waals surface area (Å²) in [6.07, 6.45) is 0.719. The van der Waals surface area contributed by atoms with Gasteiger partial charge in [0.1, 0.15) is 5.00 Å². The standard InChI is InChI=1S/C18H21NO3S/c1-5-14-12(4)23-17(15(14)18(21)22-6-2)19-16(20)13-9-7-8-11(3)10-13/h7-10H,5-6H2,1-4H3,(H,19,20). The average molecular weight is 331 g/mol. The first kappa shape index (κ1) is 17.2. The van der Waals surface area contributed by atoms with Gasteiger partial charge in [0, 0.05) is 10.4 Å². The van der Waals surface area contributed by atoms with Crippen LogP contribution in [0.3, 0.4) is 0 Å². The minimum Gasteiger partial charge on any atom is -0.462 e. The van der Waals surface area contributed by atoms with Gasteiger partial charge in [-0.25, -0.2) is 4.79 Å². The Hall–Kier alpha value is -2.14. The van der Waals surface area contributed by atoms with Crippen LogP contribution in [0.15, 0.2) is 24.3 Å². The first-order valence-electron chi connectivity index (χ1n) is 7.65. The molecule has 1 heterocycles. The molecule has 122 valence electrons. The zero-order chi connectivity index (χ0) is 17.0. The van der Waals surface area contributed by atoms with Crippen LogP contribution in [0.1, 0.15) is 50.6 Å². The molecular formula is C18H21NO3S. The molecule has 0 saturated carbocycles. The number of esters is 1. The van der Waals surface area contributed by atoms with Crippen molar-refractivity contribution in [3.05, 3.63) is 51.4 Å². The minimum atomic E-state index is -0.381. The fourth-order valence-electron chi connectivity index (χ4n) is 2.47. The Bertz CT molecular complexity index is 734. The number of hydrogen-bond acceptors (Lipinski definition) is 4. The summed E-state index contributed by atoms with van der Waals surface area (Å²) >= 11 is 1.41. The van der Waals surface area contributed by atoms with Gasteiger partial charge in [0.2, 0.25) is 0 Å². The molecule has 0 fully saturated rings. The number of rotatable bonds is 5. The SMILES string of the molecule is CCOC(=O)c1c(NC(=O)c2cccc(C)c2)sc(C)c1CC. The van der Waals surface area contributed by atoms with E-state index in [0.717, 1.165) is 22.4 Å². The maximum atomic E-state index is 12.5. The van der Waals surface area contributed by atoms with Gasteiger partial charge in [0.25, 0.3) is 5.91 Å². The highest BCUT2D eigenvalue weighted by Gasteiger charge is 2.23. The average Bonchev–Trinajstić information content (AvgIpc) is 2.82. The molecule has 1 aromatic heterocycles. The summed E-state index contributed by atoms with van der Waals surface area (Å²) in [5.74, 6) is -0.601. The Labute approximate surface area is 140 Å². The predicted octanol–water partition coefficient (Wildman–Crippen LogP) is 4.36. The number of nitrogens with one attached hydrogen (secondary N) is 1. The maximum Gasteiger partial charge on any atom is 0.341 e. The number of ether oxygens (including phenoxy) is 1. The molecule has 0 aliphatic heterocycles. The zero-order valence-electron chi connectivity index (χ0n) is 13.9. The van der Waals surface area contributed by atoms with Crippen molar-refractivity contribution in [1.29, 1.82) is 0 Å². The van der Waals surface area contributed by atoms with Crippen LogP contribution in [0, 0.1) is 13.8 Å². The number of amides is 1. The lowest BCUT2D eigenvalue weighted by atomic mass is 10.1. The summed E-state index contributed by atoms with van der Waals surface area (Å²) in [7, 11) is 0. The number of carbonyl (C=O) groups excluding carboxylic acids is 2. The van der Waals surface area contributed by atoms with Crippen molar-refractivity contribution in [2.75, 3.05) is 11.9 Å². The Morgan fingerprint density at radius 1 is 1.22 bits per heavy atom. The predicted molar refractivity (Wildman–Crippen MR) is 93.5 cm³/mol. The van der Waals surface area contributed by atoms with Gasteiger partial charge >= 0.3 is 5.97 Å². The van der Waals surface area contributed by atoms with Crippen LogP contribution >= 0.6 is 11.3 Å². The molecule has 1 amide bonds. The van der Waals surface area contributed by atoms with E-state index in [1.165, 1.54) is 11.3 Å². The molecule has 0 bridgehead atoms. The Balaban J connectivity index is 2.36. The van der Waals surface area contributed by atoms with Crippen molar-refractivity contribution in [1.82, 2.24) is 0 Å². The van der Waals surface area contributed by atoms with Gasteiger partial charge in [-0.3, -0.25) is 4.79 Å². The minimum absolute atomic E-state index is 0.219. The summed E-state index contributed by atoms with van der Waals surface area (Å²) in [6, 6.07) is 7.35. The van der Waals surface area contributed by atoms with E-state index in [-0.39, 0.29) is 11.9 Å². The van der Waals surface area contributed by atoms with Crippen molar-refractivity contribution >= 4 is 28.2 Å². The van der Waals surface area contributed by atoms with E-state index < -0.39 is 0 Å². The quantitative estimate of drug-likeness (QED) is 0.828. The maximum absolute atomic E-state index is 12.5. The molecule has 1 N–H and O–H groups in total. The molecule has 0 aliphatic rings. The number of carbonyl (C=O) groups is 2. The molecule has 0 atom stereocenters. The molecule has 1 aromatic carbocycles. The second kappa shape index (κ2) is 7.42. The van der Waals surface area contributed by atoms with Crippen molar-refractivity contribution in [3.63, 3.8) is 0 Å². The monoisotopic (exact) mass is 331 g/mol. The third kappa shape index (κ3) is 3.79. The summed E-state index contributed by atoms with van der Waals surface area (Å²) in [6.45, 7) is 7.96. The number of thiophene rings is 1. The van der Waals surface area contributed by atoms with E-state index in [4.69, 9.17) is 4.74 Å². The molecule has 0 aliphatic carbocycles. The number of benzene rings is 1. The normalized spacial score (nSPS) is 10.4. The Kier molecular flexibility index (Phi) is 5.55. The molecule has 4 nitrogen and oxygen atoms in total. The molecule has 0 radical (unpaired) electrons. The number of anilines is 1. The van der Waals surface area contributed by atoms with Crippen molar-refractivity contribution in [2.45, 2.75) is 34.1 Å². The molecule has 0 saturated heterocycles. The van der Waals surface area contributed by atoms with Crippen LogP contribution in [0.25, 0.3) is 0 Å². The van der Waals surface area contributed by atoms with Gasteiger partial charge in [-0.15, -0.1) is 11.3 Å². The van der Waals surface area contributed by atoms with Crippen LogP contribution in [0.4, 0.5) is 5.00 Å². The Morgan fingerprint density at radius 2 is 1.96 bits per heavy atom. The van der Waals surface area contributed by atoms with Gasteiger partial charge in [0.15, 0.2) is 0 Å². The largest absolute Gasteiger partial charge is 0.462 e. The highest BCUT2D eigenvalue weighted by Crippen LogP contribution is 2.34. The molecular weight excluding hydrogens is 310 g/mol. The lowest BCUT2D eigenvalue weighted by Gasteiger charge is -2.08. The molecule has 0 unspecified atom stereocenters. The number of aryl methyl sites for hydroxylation is 2. The van der Waals surface area contributed by atoms with Crippen LogP contribution in [0.5, 0.6) is 0 Å². The van der Waals surface area contributed by atoms with Crippen LogP contribution in [0.2, 0.25) is 0 Å². The molecule has 0 spiro atoms. The first-order chi connectivity index (χ1) is 11.0. The fraction of sp³-hybridized carbons (Fsp3) is 0.333. The van der Waals surface area contributed by atoms with Gasteiger partial charge in [-0.05, 0) is 44.9 Å². The molecule has 2 aromatic rings. The van der Waals surface area contributed by atoms with Gasteiger partial charge in [-0.2, -0.15) is 0 Å². The second-order valence-electron chi connectivity index (χ2n) is 5.24. The van der Waals surface area contributed by atoms with E-state index >= 15 is 0 Å². The molecule has 2 rings (SSSR count). The van der Waals surface area contributed by atoms with E-state index in [9.17, 15) is 9.59 Å². The van der Waals surface area contributed by atoms with Crippen LogP contribution < -0.4 is 5.32 Å². The van der Waals surface area contributed by atoms with E-state index in [1.807, 2.05) is 39.0 Å². The van der Waals surface area contributed by atoms with Crippen LogP contribution in [-0.4, -0.2) is 18.5 Å². The number of hydrogen-bond donors (Lipinski definition) is 1. The topological polar surface area (TPSA) is 55.4 Å². The summed E-state index contributed by atoms with van der Waals surface area (Å²) in [5.41, 5.74) is 3.01. The fourth-order valence-corrected chi connectivity index (χ4v) is 3.60. The van der Waals surface area contributed by atoms with Gasteiger partial charge in [-0.1, -0.05) is 24.6 Å². The van der Waals surface area contributed by atoms with Gasteiger partial charge in [0.05, 0.1) is 12.2 Å². The van der Waals surface area contributed by atoms with Gasteiger partial charge < -0.3 is 10.1 Å². The van der Waals surface area contributed by atoms with E-state index in [2.05, 4.69) is 5.32 Å². The van der Waals surface area contributed by atoms with Crippen molar-refractivity contribution < 1.29 is 14.3 Å². The molecule has 5 heteroatoms. The third-order valence-electron chi connectivity index (χ3n) is 3.55. The summed E-state index contributed by atoms with van der Waals surface area (Å²) in [5, 5.41) is 3.43. The molecule has 23 heavy (non-hydrogen) atoms. The Morgan fingerprint density at radius 3 is 2.57 bits per heavy atom. The smallest absolute Gasteiger partial charge is 0.341 e. The highest BCUT2D eigenvalue weighted by atomic mass is 32.1. The third-order valence-corrected chi connectivity index (χ3v) is 4.61. The second-order valence-corrected chi connectivity index (χ2v) is 6.46. The van der Waals surface area contributed by atoms with Crippen molar-refractivity contribution in [2.24, 2.45) is 0 Å². The first-order valence-corrected chi connectivity index (χ1v) is 8.46. The van der Waals surface area contributed by atoms with Crippen molar-refractivity contribution in [3.8, 4) is 0 Å². The van der Waals surface area contributed by atoms with Crippen LogP contribution in [-0.2, 0) is 11.2 Å². The lowest BCUT2D eigenvalue weighted by Crippen LogP contribution is -2.15. The summed E-state index contributed by atoms with van der Waals surface area (Å²) < 4.78 is 5.15. The van der Waals surface area contributed by atoms with E-state index in [1.54, 1.807) is 13.0 Å². The summed E-state index contributed by atoms with van der Waals surface area (Å²) in [4.78, 5) is 25.7. The highest BCUT2D eigenvalue weighted by molar-refractivity contribution is 7.16.